The van der Waals surface area contributed by atoms with Gasteiger partial charge in [0.25, 0.3) is 0 Å². The molecular formula is C14H25N3O. The topological polar surface area (TPSA) is 48.3 Å². The molecule has 4 heteroatoms. The maximum absolute atomic E-state index is 9.49. The smallest absolute Gasteiger partial charge is 0.108 e. The summed E-state index contributed by atoms with van der Waals surface area (Å²) < 4.78 is 5.60. The summed E-state index contributed by atoms with van der Waals surface area (Å²) in [7, 11) is 0. The molecule has 0 spiro atoms. The fourth-order valence-electron chi connectivity index (χ4n) is 3.37. The third kappa shape index (κ3) is 3.03. The van der Waals surface area contributed by atoms with Crippen LogP contribution in [0.2, 0.25) is 0 Å². The lowest BCUT2D eigenvalue weighted by molar-refractivity contribution is -0.0434. The Balaban J connectivity index is 1.99. The minimum absolute atomic E-state index is 0.292. The number of ether oxygens (including phenoxy) is 1. The van der Waals surface area contributed by atoms with Gasteiger partial charge in [0.15, 0.2) is 0 Å². The van der Waals surface area contributed by atoms with Gasteiger partial charge in [-0.3, -0.25) is 10.2 Å². The van der Waals surface area contributed by atoms with E-state index in [4.69, 9.17) is 4.74 Å². The third-order valence-electron chi connectivity index (χ3n) is 4.24. The molecule has 0 amide bonds. The second kappa shape index (κ2) is 6.01. The molecule has 18 heavy (non-hydrogen) atoms. The van der Waals surface area contributed by atoms with Crippen LogP contribution >= 0.6 is 0 Å². The van der Waals surface area contributed by atoms with Crippen LogP contribution in [-0.4, -0.2) is 48.8 Å². The van der Waals surface area contributed by atoms with Crippen LogP contribution < -0.4 is 5.32 Å². The van der Waals surface area contributed by atoms with Gasteiger partial charge in [0.1, 0.15) is 5.54 Å². The summed E-state index contributed by atoms with van der Waals surface area (Å²) >= 11 is 0. The summed E-state index contributed by atoms with van der Waals surface area (Å²) in [5.74, 6) is 0. The van der Waals surface area contributed by atoms with E-state index in [9.17, 15) is 5.26 Å². The van der Waals surface area contributed by atoms with E-state index in [2.05, 4.69) is 30.1 Å². The number of nitrogens with one attached hydrogen (secondary N) is 1. The van der Waals surface area contributed by atoms with Gasteiger partial charge in [0.2, 0.25) is 0 Å². The standard InChI is InChI=1S/C14H25N3O/c1-3-16-14(11-15)6-4-5-13(9-14)17-7-8-18-12(2)10-17/h12-13,16H,3-10H2,1-2H3. The highest BCUT2D eigenvalue weighted by Gasteiger charge is 2.38. The van der Waals surface area contributed by atoms with E-state index in [1.54, 1.807) is 0 Å². The van der Waals surface area contributed by atoms with Crippen molar-refractivity contribution in [2.24, 2.45) is 0 Å². The fourth-order valence-corrected chi connectivity index (χ4v) is 3.37. The van der Waals surface area contributed by atoms with Crippen LogP contribution in [0.15, 0.2) is 0 Å². The van der Waals surface area contributed by atoms with Gasteiger partial charge in [-0.2, -0.15) is 5.26 Å². The van der Waals surface area contributed by atoms with Crippen LogP contribution in [0.4, 0.5) is 0 Å². The van der Waals surface area contributed by atoms with Crippen LogP contribution in [0.3, 0.4) is 0 Å². The van der Waals surface area contributed by atoms with E-state index in [1.165, 1.54) is 6.42 Å². The third-order valence-corrected chi connectivity index (χ3v) is 4.24. The van der Waals surface area contributed by atoms with Gasteiger partial charge in [-0.05, 0) is 39.2 Å². The molecule has 102 valence electrons. The SMILES string of the molecule is CCNC1(C#N)CCCC(N2CCOC(C)C2)C1. The van der Waals surface area contributed by atoms with Crippen molar-refractivity contribution in [2.75, 3.05) is 26.2 Å². The monoisotopic (exact) mass is 251 g/mol. The summed E-state index contributed by atoms with van der Waals surface area (Å²) in [5.41, 5.74) is -0.292. The normalized spacial score (nSPS) is 38.3. The van der Waals surface area contributed by atoms with E-state index < -0.39 is 0 Å². The summed E-state index contributed by atoms with van der Waals surface area (Å²) in [6, 6.07) is 3.07. The molecule has 3 unspecified atom stereocenters. The minimum atomic E-state index is -0.292. The first kappa shape index (κ1) is 13.8. The molecule has 1 saturated heterocycles. The van der Waals surface area contributed by atoms with Crippen molar-refractivity contribution in [3.05, 3.63) is 0 Å². The Bertz CT molecular complexity index is 311. The molecule has 0 aromatic rings. The Morgan fingerprint density at radius 1 is 1.56 bits per heavy atom. The molecule has 1 aliphatic carbocycles. The Hall–Kier alpha value is -0.630. The first-order valence-corrected chi connectivity index (χ1v) is 7.21. The van der Waals surface area contributed by atoms with Gasteiger partial charge in [-0.1, -0.05) is 6.92 Å². The number of rotatable bonds is 3. The highest BCUT2D eigenvalue weighted by atomic mass is 16.5. The molecule has 2 aliphatic rings. The van der Waals surface area contributed by atoms with Gasteiger partial charge in [0, 0.05) is 19.1 Å². The van der Waals surface area contributed by atoms with Crippen molar-refractivity contribution < 1.29 is 4.74 Å². The van der Waals surface area contributed by atoms with E-state index in [0.29, 0.717) is 12.1 Å². The lowest BCUT2D eigenvalue weighted by atomic mass is 9.79. The molecule has 1 aliphatic heterocycles. The number of hydrogen-bond donors (Lipinski definition) is 1. The molecule has 1 heterocycles. The fraction of sp³-hybridized carbons (Fsp3) is 0.929. The molecule has 0 aromatic carbocycles. The van der Waals surface area contributed by atoms with Crippen LogP contribution in [0.25, 0.3) is 0 Å². The lowest BCUT2D eigenvalue weighted by Crippen LogP contribution is -2.55. The average Bonchev–Trinajstić information content (AvgIpc) is 2.39. The first-order chi connectivity index (χ1) is 8.69. The summed E-state index contributed by atoms with van der Waals surface area (Å²) in [6.07, 6.45) is 4.66. The molecule has 1 N–H and O–H groups in total. The molecule has 0 aromatic heterocycles. The van der Waals surface area contributed by atoms with Crippen LogP contribution in [-0.2, 0) is 4.74 Å². The zero-order valence-electron chi connectivity index (χ0n) is 11.6. The van der Waals surface area contributed by atoms with Crippen LogP contribution in [0.5, 0.6) is 0 Å². The van der Waals surface area contributed by atoms with E-state index in [1.807, 2.05) is 0 Å². The first-order valence-electron chi connectivity index (χ1n) is 7.21. The molecule has 2 fully saturated rings. The Labute approximate surface area is 110 Å². The maximum atomic E-state index is 9.49. The molecule has 4 nitrogen and oxygen atoms in total. The van der Waals surface area contributed by atoms with Crippen LogP contribution in [0.1, 0.15) is 39.5 Å². The predicted octanol–water partition coefficient (Wildman–Crippen LogP) is 1.52. The second-order valence-electron chi connectivity index (χ2n) is 5.65. The largest absolute Gasteiger partial charge is 0.376 e. The van der Waals surface area contributed by atoms with E-state index in [-0.39, 0.29) is 5.54 Å². The van der Waals surface area contributed by atoms with E-state index >= 15 is 0 Å². The Kier molecular flexibility index (Phi) is 4.60. The van der Waals surface area contributed by atoms with Gasteiger partial charge < -0.3 is 4.74 Å². The quantitative estimate of drug-likeness (QED) is 0.826. The zero-order valence-corrected chi connectivity index (χ0v) is 11.6. The predicted molar refractivity (Wildman–Crippen MR) is 71.3 cm³/mol. The van der Waals surface area contributed by atoms with Gasteiger partial charge in [-0.15, -0.1) is 0 Å². The number of hydrogen-bond acceptors (Lipinski definition) is 4. The number of morpholine rings is 1. The highest BCUT2D eigenvalue weighted by Crippen LogP contribution is 2.31. The molecule has 0 radical (unpaired) electrons. The van der Waals surface area contributed by atoms with Gasteiger partial charge in [0.05, 0.1) is 18.8 Å². The highest BCUT2D eigenvalue weighted by molar-refractivity contribution is 5.11. The Morgan fingerprint density at radius 3 is 3.06 bits per heavy atom. The van der Waals surface area contributed by atoms with Crippen molar-refractivity contribution >= 4 is 0 Å². The second-order valence-corrected chi connectivity index (χ2v) is 5.65. The van der Waals surface area contributed by atoms with Crippen molar-refractivity contribution in [2.45, 2.75) is 57.2 Å². The minimum Gasteiger partial charge on any atom is -0.376 e. The summed E-state index contributed by atoms with van der Waals surface area (Å²) in [4.78, 5) is 2.52. The zero-order chi connectivity index (χ0) is 13.0. The average molecular weight is 251 g/mol. The van der Waals surface area contributed by atoms with Crippen molar-refractivity contribution in [1.29, 1.82) is 5.26 Å². The molecule has 0 bridgehead atoms. The van der Waals surface area contributed by atoms with Gasteiger partial charge >= 0.3 is 0 Å². The molecule has 3 atom stereocenters. The number of nitriles is 1. The number of nitrogens with zero attached hydrogens (tertiary/aromatic N) is 2. The van der Waals surface area contributed by atoms with E-state index in [0.717, 1.165) is 45.5 Å². The van der Waals surface area contributed by atoms with Crippen LogP contribution in [0, 0.1) is 11.3 Å². The van der Waals surface area contributed by atoms with Crippen molar-refractivity contribution in [3.63, 3.8) is 0 Å². The van der Waals surface area contributed by atoms with Gasteiger partial charge in [-0.25, -0.2) is 0 Å². The van der Waals surface area contributed by atoms with Crippen molar-refractivity contribution in [1.82, 2.24) is 10.2 Å². The molecular weight excluding hydrogens is 226 g/mol. The lowest BCUT2D eigenvalue weighted by Gasteiger charge is -2.44. The Morgan fingerprint density at radius 2 is 2.39 bits per heavy atom. The molecule has 2 rings (SSSR count). The molecule has 1 saturated carbocycles. The summed E-state index contributed by atoms with van der Waals surface area (Å²) in [6.45, 7) is 7.95. The summed E-state index contributed by atoms with van der Waals surface area (Å²) in [5, 5.41) is 12.9. The maximum Gasteiger partial charge on any atom is 0.108 e. The van der Waals surface area contributed by atoms with Crippen molar-refractivity contribution in [3.8, 4) is 6.07 Å².